The quantitative estimate of drug-likeness (QED) is 0.797. The van der Waals surface area contributed by atoms with E-state index < -0.39 is 0 Å². The first-order chi connectivity index (χ1) is 5.61. The molecule has 0 saturated carbocycles. The molecule has 3 nitrogen and oxygen atoms in total. The fourth-order valence-electron chi connectivity index (χ4n) is 0.678. The summed E-state index contributed by atoms with van der Waals surface area (Å²) < 4.78 is 0. The van der Waals surface area contributed by atoms with Gasteiger partial charge in [-0.1, -0.05) is 25.6 Å². The summed E-state index contributed by atoms with van der Waals surface area (Å²) in [6.07, 6.45) is 0. The van der Waals surface area contributed by atoms with Crippen LogP contribution in [0.3, 0.4) is 0 Å². The first-order valence-electron chi connectivity index (χ1n) is 3.51. The molecule has 2 N–H and O–H groups in total. The Hall–Kier alpha value is -0.550. The van der Waals surface area contributed by atoms with Crippen molar-refractivity contribution < 1.29 is 4.79 Å². The zero-order valence-corrected chi connectivity index (χ0v) is 8.54. The maximum atomic E-state index is 11.4. The smallest absolute Gasteiger partial charge is 0.241 e. The molecule has 0 saturated heterocycles. The summed E-state index contributed by atoms with van der Waals surface area (Å²) in [4.78, 5) is 15.3. The standard InChI is InChI=1S/C7H10N2OS2/c1-4(2)12-7(10)5-6(8)11-3-9-5/h3-4H,8H2,1-2H3. The number of nitrogens with two attached hydrogens (primary N) is 1. The van der Waals surface area contributed by atoms with Crippen LogP contribution in [0.15, 0.2) is 5.51 Å². The Labute approximate surface area is 79.4 Å². The van der Waals surface area contributed by atoms with Crippen molar-refractivity contribution in [2.45, 2.75) is 19.1 Å². The van der Waals surface area contributed by atoms with Gasteiger partial charge >= 0.3 is 0 Å². The minimum Gasteiger partial charge on any atom is -0.389 e. The number of carbonyl (C=O) groups excluding carboxylic acids is 1. The number of nitrogen functional groups attached to an aromatic ring is 1. The van der Waals surface area contributed by atoms with Gasteiger partial charge in [-0.3, -0.25) is 4.79 Å². The van der Waals surface area contributed by atoms with E-state index in [-0.39, 0.29) is 10.4 Å². The van der Waals surface area contributed by atoms with Gasteiger partial charge in [-0.25, -0.2) is 4.98 Å². The van der Waals surface area contributed by atoms with Gasteiger partial charge in [0.15, 0.2) is 5.69 Å². The van der Waals surface area contributed by atoms with Gasteiger partial charge < -0.3 is 5.73 Å². The monoisotopic (exact) mass is 202 g/mol. The summed E-state index contributed by atoms with van der Waals surface area (Å²) in [7, 11) is 0. The van der Waals surface area contributed by atoms with E-state index in [0.29, 0.717) is 10.7 Å². The van der Waals surface area contributed by atoms with Crippen LogP contribution in [0.5, 0.6) is 0 Å². The van der Waals surface area contributed by atoms with E-state index in [1.54, 1.807) is 5.51 Å². The number of nitrogens with zero attached hydrogens (tertiary/aromatic N) is 1. The van der Waals surface area contributed by atoms with E-state index in [1.807, 2.05) is 13.8 Å². The molecule has 12 heavy (non-hydrogen) atoms. The summed E-state index contributed by atoms with van der Waals surface area (Å²) in [5.41, 5.74) is 7.53. The molecule has 0 unspecified atom stereocenters. The summed E-state index contributed by atoms with van der Waals surface area (Å²) >= 11 is 2.54. The van der Waals surface area contributed by atoms with Gasteiger partial charge in [-0.2, -0.15) is 0 Å². The summed E-state index contributed by atoms with van der Waals surface area (Å²) in [5.74, 6) is 0. The van der Waals surface area contributed by atoms with E-state index in [0.717, 1.165) is 0 Å². The lowest BCUT2D eigenvalue weighted by Crippen LogP contribution is -2.01. The number of thioether (sulfide) groups is 1. The van der Waals surface area contributed by atoms with Crippen LogP contribution in [0.25, 0.3) is 0 Å². The van der Waals surface area contributed by atoms with Crippen molar-refractivity contribution in [2.24, 2.45) is 0 Å². The second-order valence-corrected chi connectivity index (χ2v) is 4.95. The molecular weight excluding hydrogens is 192 g/mol. The second kappa shape index (κ2) is 3.91. The van der Waals surface area contributed by atoms with Crippen LogP contribution in [0.1, 0.15) is 24.3 Å². The van der Waals surface area contributed by atoms with Crippen molar-refractivity contribution in [3.63, 3.8) is 0 Å². The largest absolute Gasteiger partial charge is 0.389 e. The first kappa shape index (κ1) is 9.54. The fraction of sp³-hybridized carbons (Fsp3) is 0.429. The molecule has 1 rings (SSSR count). The highest BCUT2D eigenvalue weighted by Crippen LogP contribution is 2.23. The first-order valence-corrected chi connectivity index (χ1v) is 5.27. The Morgan fingerprint density at radius 2 is 2.42 bits per heavy atom. The highest BCUT2D eigenvalue weighted by Gasteiger charge is 2.14. The molecule has 0 amide bonds. The van der Waals surface area contributed by atoms with Crippen molar-refractivity contribution in [1.82, 2.24) is 4.98 Å². The molecule has 0 aliphatic rings. The van der Waals surface area contributed by atoms with Gasteiger partial charge in [0.25, 0.3) is 0 Å². The average Bonchev–Trinajstić information content (AvgIpc) is 2.33. The number of rotatable bonds is 2. The number of thiazole rings is 1. The molecule has 0 fully saturated rings. The minimum absolute atomic E-state index is 0.0382. The lowest BCUT2D eigenvalue weighted by molar-refractivity contribution is 0.108. The SMILES string of the molecule is CC(C)SC(=O)c1ncsc1N. The Balaban J connectivity index is 2.72. The van der Waals surface area contributed by atoms with Crippen LogP contribution in [0, 0.1) is 0 Å². The molecule has 1 aromatic rings. The minimum atomic E-state index is -0.0382. The molecule has 0 radical (unpaired) electrons. The normalized spacial score (nSPS) is 10.6. The predicted molar refractivity (Wildman–Crippen MR) is 53.6 cm³/mol. The molecule has 1 heterocycles. The summed E-state index contributed by atoms with van der Waals surface area (Å²) in [6, 6.07) is 0. The lowest BCUT2D eigenvalue weighted by Gasteiger charge is -2.00. The van der Waals surface area contributed by atoms with Crippen LogP contribution in [0.4, 0.5) is 5.00 Å². The van der Waals surface area contributed by atoms with Crippen molar-refractivity contribution in [2.75, 3.05) is 5.73 Å². The molecule has 0 spiro atoms. The predicted octanol–water partition coefficient (Wildman–Crippen LogP) is 2.01. The molecule has 0 atom stereocenters. The number of hydrogen-bond acceptors (Lipinski definition) is 5. The van der Waals surface area contributed by atoms with Gasteiger partial charge in [-0.15, -0.1) is 11.3 Å². The molecular formula is C7H10N2OS2. The maximum Gasteiger partial charge on any atom is 0.241 e. The Morgan fingerprint density at radius 1 is 1.75 bits per heavy atom. The van der Waals surface area contributed by atoms with Crippen molar-refractivity contribution >= 4 is 33.2 Å². The van der Waals surface area contributed by atoms with Gasteiger partial charge in [0, 0.05) is 5.25 Å². The Bertz CT molecular complexity index is 283. The van der Waals surface area contributed by atoms with Gasteiger partial charge in [-0.05, 0) is 0 Å². The summed E-state index contributed by atoms with van der Waals surface area (Å²) in [6.45, 7) is 3.93. The van der Waals surface area contributed by atoms with Gasteiger partial charge in [0.05, 0.1) is 5.51 Å². The van der Waals surface area contributed by atoms with Gasteiger partial charge in [0.2, 0.25) is 5.12 Å². The lowest BCUT2D eigenvalue weighted by atomic mass is 10.5. The van der Waals surface area contributed by atoms with Crippen LogP contribution in [0.2, 0.25) is 0 Å². The van der Waals surface area contributed by atoms with E-state index in [4.69, 9.17) is 5.73 Å². The molecule has 5 heteroatoms. The molecule has 0 aliphatic heterocycles. The van der Waals surface area contributed by atoms with E-state index in [1.165, 1.54) is 23.1 Å². The highest BCUT2D eigenvalue weighted by molar-refractivity contribution is 8.14. The van der Waals surface area contributed by atoms with Crippen molar-refractivity contribution in [3.8, 4) is 0 Å². The van der Waals surface area contributed by atoms with Crippen LogP contribution in [-0.2, 0) is 0 Å². The molecule has 0 aromatic carbocycles. The van der Waals surface area contributed by atoms with Gasteiger partial charge in [0.1, 0.15) is 5.00 Å². The van der Waals surface area contributed by atoms with Crippen LogP contribution < -0.4 is 5.73 Å². The highest BCUT2D eigenvalue weighted by atomic mass is 32.2. The third kappa shape index (κ3) is 2.22. The number of carbonyl (C=O) groups is 1. The third-order valence-corrected chi connectivity index (χ3v) is 2.67. The Morgan fingerprint density at radius 3 is 2.83 bits per heavy atom. The zero-order chi connectivity index (χ0) is 9.14. The third-order valence-electron chi connectivity index (χ3n) is 1.13. The summed E-state index contributed by atoms with van der Waals surface area (Å²) in [5, 5.41) is 0.746. The molecule has 0 aliphatic carbocycles. The van der Waals surface area contributed by atoms with Crippen molar-refractivity contribution in [3.05, 3.63) is 11.2 Å². The van der Waals surface area contributed by atoms with E-state index in [2.05, 4.69) is 4.98 Å². The fourth-order valence-corrected chi connectivity index (χ4v) is 1.97. The van der Waals surface area contributed by atoms with E-state index >= 15 is 0 Å². The molecule has 66 valence electrons. The van der Waals surface area contributed by atoms with Crippen LogP contribution in [-0.4, -0.2) is 15.3 Å². The van der Waals surface area contributed by atoms with Crippen LogP contribution >= 0.6 is 23.1 Å². The molecule has 1 aromatic heterocycles. The number of hydrogen-bond donors (Lipinski definition) is 1. The number of aromatic nitrogens is 1. The Kier molecular flexibility index (Phi) is 3.11. The second-order valence-electron chi connectivity index (χ2n) is 2.52. The maximum absolute atomic E-state index is 11.4. The zero-order valence-electron chi connectivity index (χ0n) is 6.90. The van der Waals surface area contributed by atoms with Crippen molar-refractivity contribution in [1.29, 1.82) is 0 Å². The number of anilines is 1. The van der Waals surface area contributed by atoms with E-state index in [9.17, 15) is 4.79 Å². The average molecular weight is 202 g/mol. The molecule has 0 bridgehead atoms. The topological polar surface area (TPSA) is 56.0 Å².